The molecule has 0 saturated carbocycles. The predicted molar refractivity (Wildman–Crippen MR) is 199 cm³/mol. The van der Waals surface area contributed by atoms with Crippen molar-refractivity contribution in [2.75, 3.05) is 24.7 Å². The second-order valence-electron chi connectivity index (χ2n) is 13.4. The van der Waals surface area contributed by atoms with Gasteiger partial charge in [0, 0.05) is 18.4 Å². The van der Waals surface area contributed by atoms with Crippen LogP contribution in [-0.4, -0.2) is 48.3 Å². The normalized spacial score (nSPS) is 15.1. The van der Waals surface area contributed by atoms with Gasteiger partial charge in [-0.25, -0.2) is 9.98 Å². The van der Waals surface area contributed by atoms with E-state index in [0.717, 1.165) is 28.8 Å². The molecule has 3 aromatic rings. The summed E-state index contributed by atoms with van der Waals surface area (Å²) < 4.78 is 11.5. The molecule has 0 aliphatic carbocycles. The van der Waals surface area contributed by atoms with Gasteiger partial charge in [-0.3, -0.25) is 0 Å². The van der Waals surface area contributed by atoms with Crippen LogP contribution in [0.4, 0.5) is 5.69 Å². The van der Waals surface area contributed by atoms with Crippen LogP contribution in [0.3, 0.4) is 0 Å². The van der Waals surface area contributed by atoms with Gasteiger partial charge in [0.25, 0.3) is 0 Å². The molecule has 1 heterocycles. The number of phenolic OH excluding ortho intramolecular Hbond substituents is 1. The number of unbranched alkanes of at least 4 members (excludes halogenated alkanes) is 10. The Balaban J connectivity index is 1.27. The van der Waals surface area contributed by atoms with Crippen molar-refractivity contribution in [2.45, 2.75) is 118 Å². The molecule has 0 bridgehead atoms. The lowest BCUT2D eigenvalue weighted by Gasteiger charge is -2.32. The first-order chi connectivity index (χ1) is 23.3. The Morgan fingerprint density at radius 3 is 2.04 bits per heavy atom. The number of hydrogen-bond acceptors (Lipinski definition) is 7. The maximum absolute atomic E-state index is 11.0. The third-order valence-corrected chi connectivity index (χ3v) is 9.00. The van der Waals surface area contributed by atoms with Crippen molar-refractivity contribution in [3.05, 3.63) is 88.0 Å². The highest BCUT2D eigenvalue weighted by molar-refractivity contribution is 6.08. The molecule has 48 heavy (non-hydrogen) atoms. The number of aliphatic hydroxyl groups excluding tert-OH is 1. The van der Waals surface area contributed by atoms with Crippen LogP contribution >= 0.6 is 0 Å². The highest BCUT2D eigenvalue weighted by Crippen LogP contribution is 2.36. The summed E-state index contributed by atoms with van der Waals surface area (Å²) in [4.78, 5) is 11.8. The molecule has 1 aliphatic heterocycles. The Bertz CT molecular complexity index is 1500. The summed E-state index contributed by atoms with van der Waals surface area (Å²) in [6.07, 6.45) is 14.9. The van der Waals surface area contributed by atoms with Gasteiger partial charge >= 0.3 is 0 Å². The van der Waals surface area contributed by atoms with Crippen molar-refractivity contribution >= 4 is 17.9 Å². The van der Waals surface area contributed by atoms with Gasteiger partial charge in [-0.15, -0.1) is 0 Å². The van der Waals surface area contributed by atoms with E-state index in [2.05, 4.69) is 80.9 Å². The summed E-state index contributed by atoms with van der Waals surface area (Å²) in [6.45, 7) is 11.6. The Labute approximate surface area is 288 Å². The van der Waals surface area contributed by atoms with Crippen LogP contribution in [-0.2, 0) is 4.74 Å². The van der Waals surface area contributed by atoms with Gasteiger partial charge in [0.05, 0.1) is 18.5 Å². The van der Waals surface area contributed by atoms with Crippen LogP contribution < -0.4 is 9.64 Å². The molecule has 2 atom stereocenters. The molecule has 260 valence electrons. The molecule has 0 saturated heterocycles. The standard InChI is InChI=1S/C41H57N3O4/c1-6-7-8-9-10-11-12-13-14-15-16-23-47-27-34(45)28-48-35-19-21-37(39(46)26-35)40-42-29-44(38-22-18-31(3)25-33(38)5)41(43-40)36-20-17-30(2)24-32(36)4/h17-22,24-26,29,34,41,45-46H,6-16,23,27-28H2,1-5H3. The average molecular weight is 656 g/mol. The van der Waals surface area contributed by atoms with Crippen LogP contribution in [0.15, 0.2) is 64.6 Å². The number of phenols is 1. The van der Waals surface area contributed by atoms with Crippen molar-refractivity contribution in [2.24, 2.45) is 9.98 Å². The molecular formula is C41H57N3O4. The fraction of sp³-hybridized carbons (Fsp3) is 0.512. The fourth-order valence-electron chi connectivity index (χ4n) is 6.27. The Morgan fingerprint density at radius 2 is 1.40 bits per heavy atom. The number of aliphatic imine (C=N–C) groups is 2. The number of amidine groups is 1. The zero-order chi connectivity index (χ0) is 34.3. The third-order valence-electron chi connectivity index (χ3n) is 9.00. The van der Waals surface area contributed by atoms with E-state index in [1.165, 1.54) is 75.3 Å². The number of nitrogens with zero attached hydrogens (tertiary/aromatic N) is 3. The van der Waals surface area contributed by atoms with Gasteiger partial charge in [-0.05, 0) is 69.0 Å². The van der Waals surface area contributed by atoms with E-state index in [4.69, 9.17) is 14.5 Å². The summed E-state index contributed by atoms with van der Waals surface area (Å²) in [7, 11) is 0. The van der Waals surface area contributed by atoms with Gasteiger partial charge in [0.15, 0.2) is 12.0 Å². The lowest BCUT2D eigenvalue weighted by molar-refractivity contribution is 0.0109. The summed E-state index contributed by atoms with van der Waals surface area (Å²) in [5, 5.41) is 21.4. The van der Waals surface area contributed by atoms with E-state index >= 15 is 0 Å². The minimum atomic E-state index is -0.749. The van der Waals surface area contributed by atoms with E-state index in [1.54, 1.807) is 24.5 Å². The minimum absolute atomic E-state index is 0.0185. The lowest BCUT2D eigenvalue weighted by atomic mass is 10.0. The Hall–Kier alpha value is -3.68. The van der Waals surface area contributed by atoms with E-state index < -0.39 is 6.10 Å². The lowest BCUT2D eigenvalue weighted by Crippen LogP contribution is -2.31. The van der Waals surface area contributed by atoms with Crippen LogP contribution in [0.25, 0.3) is 0 Å². The topological polar surface area (TPSA) is 86.9 Å². The molecule has 0 spiro atoms. The monoisotopic (exact) mass is 655 g/mol. The largest absolute Gasteiger partial charge is 0.507 e. The maximum atomic E-state index is 11.0. The van der Waals surface area contributed by atoms with Crippen molar-refractivity contribution in [3.8, 4) is 11.5 Å². The molecule has 2 N–H and O–H groups in total. The molecule has 1 aliphatic rings. The molecule has 2 unspecified atom stereocenters. The van der Waals surface area contributed by atoms with Crippen LogP contribution in [0.5, 0.6) is 11.5 Å². The first-order valence-corrected chi connectivity index (χ1v) is 18.0. The van der Waals surface area contributed by atoms with E-state index in [1.807, 2.05) is 0 Å². The summed E-state index contributed by atoms with van der Waals surface area (Å²) in [5.74, 6) is 0.926. The molecule has 7 nitrogen and oxygen atoms in total. The molecule has 3 aromatic carbocycles. The molecule has 0 amide bonds. The molecular weight excluding hydrogens is 598 g/mol. The van der Waals surface area contributed by atoms with Crippen LogP contribution in [0, 0.1) is 27.7 Å². The maximum Gasteiger partial charge on any atom is 0.162 e. The zero-order valence-electron chi connectivity index (χ0n) is 29.9. The van der Waals surface area contributed by atoms with E-state index in [-0.39, 0.29) is 25.1 Å². The van der Waals surface area contributed by atoms with Crippen molar-refractivity contribution in [1.29, 1.82) is 0 Å². The summed E-state index contributed by atoms with van der Waals surface area (Å²) in [6, 6.07) is 17.8. The molecule has 7 heteroatoms. The van der Waals surface area contributed by atoms with E-state index in [0.29, 0.717) is 23.8 Å². The number of aryl methyl sites for hydroxylation is 4. The number of benzene rings is 3. The third kappa shape index (κ3) is 11.2. The predicted octanol–water partition coefficient (Wildman–Crippen LogP) is 9.69. The molecule has 0 radical (unpaired) electrons. The average Bonchev–Trinajstić information content (AvgIpc) is 3.06. The second-order valence-corrected chi connectivity index (χ2v) is 13.4. The summed E-state index contributed by atoms with van der Waals surface area (Å²) in [5.41, 5.74) is 7.30. The molecule has 0 aromatic heterocycles. The first kappa shape index (κ1) is 37.1. The smallest absolute Gasteiger partial charge is 0.162 e. The first-order valence-electron chi connectivity index (χ1n) is 18.0. The summed E-state index contributed by atoms with van der Waals surface area (Å²) >= 11 is 0. The van der Waals surface area contributed by atoms with Gasteiger partial charge in [0.1, 0.15) is 24.2 Å². The van der Waals surface area contributed by atoms with Crippen molar-refractivity contribution in [1.82, 2.24) is 0 Å². The minimum Gasteiger partial charge on any atom is -0.507 e. The highest BCUT2D eigenvalue weighted by atomic mass is 16.5. The van der Waals surface area contributed by atoms with Crippen LogP contribution in [0.1, 0.15) is 117 Å². The highest BCUT2D eigenvalue weighted by Gasteiger charge is 2.27. The van der Waals surface area contributed by atoms with Gasteiger partial charge < -0.3 is 24.6 Å². The zero-order valence-corrected chi connectivity index (χ0v) is 29.9. The number of hydrogen-bond donors (Lipinski definition) is 2. The van der Waals surface area contributed by atoms with Gasteiger partial charge in [-0.1, -0.05) is 113 Å². The Morgan fingerprint density at radius 1 is 0.750 bits per heavy atom. The van der Waals surface area contributed by atoms with Gasteiger partial charge in [-0.2, -0.15) is 0 Å². The van der Waals surface area contributed by atoms with Gasteiger partial charge in [0.2, 0.25) is 0 Å². The number of rotatable bonds is 20. The Kier molecular flexibility index (Phi) is 15.0. The molecule has 4 rings (SSSR count). The quantitative estimate of drug-likeness (QED) is 0.118. The molecule has 0 fully saturated rings. The van der Waals surface area contributed by atoms with Crippen molar-refractivity contribution < 1.29 is 19.7 Å². The van der Waals surface area contributed by atoms with Crippen LogP contribution in [0.2, 0.25) is 0 Å². The second kappa shape index (κ2) is 19.4. The number of ether oxygens (including phenoxy) is 2. The van der Waals surface area contributed by atoms with Crippen molar-refractivity contribution in [3.63, 3.8) is 0 Å². The number of aromatic hydroxyl groups is 1. The van der Waals surface area contributed by atoms with E-state index in [9.17, 15) is 10.2 Å². The number of anilines is 1. The SMILES string of the molecule is CCCCCCCCCCCCCOCC(O)COc1ccc(C2=NC(c3ccc(C)cc3C)N(c3ccc(C)cc3C)C=N2)c(O)c1. The number of aliphatic hydroxyl groups is 1. The fourth-order valence-corrected chi connectivity index (χ4v) is 6.27.